The molecule has 5 aromatic rings. The van der Waals surface area contributed by atoms with E-state index in [2.05, 4.69) is 34.5 Å². The molecule has 0 amide bonds. The number of para-hydroxylation sites is 1. The predicted octanol–water partition coefficient (Wildman–Crippen LogP) is 4.22. The lowest BCUT2D eigenvalue weighted by Gasteiger charge is -2.07. The van der Waals surface area contributed by atoms with Crippen molar-refractivity contribution in [3.8, 4) is 11.3 Å². The van der Waals surface area contributed by atoms with Crippen LogP contribution in [0, 0.1) is 0 Å². The molecule has 5 rings (SSSR count). The minimum absolute atomic E-state index is 0.120. The third-order valence-corrected chi connectivity index (χ3v) is 4.44. The van der Waals surface area contributed by atoms with Crippen LogP contribution < -0.4 is 5.56 Å². The van der Waals surface area contributed by atoms with Gasteiger partial charge in [-0.15, -0.1) is 0 Å². The van der Waals surface area contributed by atoms with Crippen LogP contribution in [0.25, 0.3) is 43.8 Å². The van der Waals surface area contributed by atoms with Crippen LogP contribution in [0.4, 0.5) is 0 Å². The highest BCUT2D eigenvalue weighted by molar-refractivity contribution is 6.09. The van der Waals surface area contributed by atoms with E-state index in [1.54, 1.807) is 0 Å². The molecule has 3 aromatic carbocycles. The summed E-state index contributed by atoms with van der Waals surface area (Å²) in [7, 11) is 0. The Labute approximate surface area is 136 Å². The number of hydrogen-bond acceptors (Lipinski definition) is 2. The summed E-state index contributed by atoms with van der Waals surface area (Å²) >= 11 is 0. The van der Waals surface area contributed by atoms with Gasteiger partial charge in [0.2, 0.25) is 0 Å². The van der Waals surface area contributed by atoms with Crippen molar-refractivity contribution in [1.29, 1.82) is 0 Å². The van der Waals surface area contributed by atoms with Gasteiger partial charge in [0, 0.05) is 10.9 Å². The zero-order chi connectivity index (χ0) is 16.1. The largest absolute Gasteiger partial charge is 0.295 e. The van der Waals surface area contributed by atoms with Crippen LogP contribution in [0.2, 0.25) is 0 Å². The molecule has 0 fully saturated rings. The number of nitrogens with zero attached hydrogens (tertiary/aromatic N) is 1. The second kappa shape index (κ2) is 4.80. The minimum Gasteiger partial charge on any atom is -0.295 e. The number of pyridine rings is 1. The number of nitrogens with one attached hydrogen (secondary N) is 2. The van der Waals surface area contributed by atoms with E-state index in [-0.39, 0.29) is 5.56 Å². The Bertz CT molecular complexity index is 1280. The molecular formula is C20H13N3O. The molecule has 0 saturated carbocycles. The Morgan fingerprint density at radius 1 is 0.792 bits per heavy atom. The fourth-order valence-electron chi connectivity index (χ4n) is 3.30. The standard InChI is InChI=1S/C20H13N3O/c24-20-17-15-7-3-4-8-16(15)21-18(19(17)22-23-20)14-10-9-12-5-1-2-6-13(12)11-14/h1-11H,(H2,22,23,24). The highest BCUT2D eigenvalue weighted by Crippen LogP contribution is 2.30. The van der Waals surface area contributed by atoms with Crippen molar-refractivity contribution in [1.82, 2.24) is 15.2 Å². The molecule has 114 valence electrons. The van der Waals surface area contributed by atoms with Gasteiger partial charge >= 0.3 is 0 Å². The SMILES string of the molecule is O=c1[nH][nH]c2c(-c3ccc4ccccc4c3)nc3ccccc3c12. The molecular weight excluding hydrogens is 298 g/mol. The van der Waals surface area contributed by atoms with Crippen molar-refractivity contribution in [2.45, 2.75) is 0 Å². The van der Waals surface area contributed by atoms with Gasteiger partial charge in [-0.05, 0) is 22.9 Å². The van der Waals surface area contributed by atoms with Gasteiger partial charge in [0.1, 0.15) is 0 Å². The van der Waals surface area contributed by atoms with Crippen LogP contribution in [-0.4, -0.2) is 15.2 Å². The van der Waals surface area contributed by atoms with Crippen LogP contribution in [0.1, 0.15) is 0 Å². The van der Waals surface area contributed by atoms with Crippen molar-refractivity contribution in [3.63, 3.8) is 0 Å². The van der Waals surface area contributed by atoms with E-state index in [4.69, 9.17) is 4.98 Å². The van der Waals surface area contributed by atoms with Crippen LogP contribution in [0.5, 0.6) is 0 Å². The molecule has 24 heavy (non-hydrogen) atoms. The molecule has 2 N–H and O–H groups in total. The Morgan fingerprint density at radius 2 is 1.58 bits per heavy atom. The summed E-state index contributed by atoms with van der Waals surface area (Å²) in [6, 6.07) is 22.2. The average Bonchev–Trinajstić information content (AvgIpc) is 3.03. The molecule has 0 aliphatic rings. The van der Waals surface area contributed by atoms with Crippen molar-refractivity contribution in [2.24, 2.45) is 0 Å². The van der Waals surface area contributed by atoms with E-state index in [9.17, 15) is 4.79 Å². The number of H-pyrrole nitrogens is 2. The van der Waals surface area contributed by atoms with Gasteiger partial charge in [-0.3, -0.25) is 15.0 Å². The molecule has 0 unspecified atom stereocenters. The molecule has 0 radical (unpaired) electrons. The molecule has 4 nitrogen and oxygen atoms in total. The first kappa shape index (κ1) is 13.1. The zero-order valence-electron chi connectivity index (χ0n) is 12.7. The third kappa shape index (κ3) is 1.80. The number of aromatic nitrogens is 3. The maximum Gasteiger partial charge on any atom is 0.272 e. The lowest BCUT2D eigenvalue weighted by Crippen LogP contribution is -1.99. The maximum absolute atomic E-state index is 12.3. The van der Waals surface area contributed by atoms with E-state index in [1.165, 1.54) is 5.39 Å². The Morgan fingerprint density at radius 3 is 2.50 bits per heavy atom. The normalized spacial score (nSPS) is 11.5. The van der Waals surface area contributed by atoms with Crippen molar-refractivity contribution < 1.29 is 0 Å². The summed E-state index contributed by atoms with van der Waals surface area (Å²) < 4.78 is 0. The van der Waals surface area contributed by atoms with E-state index >= 15 is 0 Å². The highest BCUT2D eigenvalue weighted by atomic mass is 16.1. The highest BCUT2D eigenvalue weighted by Gasteiger charge is 2.14. The van der Waals surface area contributed by atoms with Gasteiger partial charge in [0.25, 0.3) is 5.56 Å². The molecule has 0 aliphatic carbocycles. The minimum atomic E-state index is -0.120. The molecule has 0 atom stereocenters. The Balaban J connectivity index is 1.91. The fourth-order valence-corrected chi connectivity index (χ4v) is 3.30. The number of rotatable bonds is 1. The van der Waals surface area contributed by atoms with Gasteiger partial charge in [0.15, 0.2) is 0 Å². The van der Waals surface area contributed by atoms with Gasteiger partial charge in [-0.2, -0.15) is 0 Å². The van der Waals surface area contributed by atoms with E-state index < -0.39 is 0 Å². The molecule has 0 bridgehead atoms. The second-order valence-corrected chi connectivity index (χ2v) is 5.87. The molecule has 0 aliphatic heterocycles. The number of fused-ring (bicyclic) bond motifs is 4. The first-order valence-electron chi connectivity index (χ1n) is 7.79. The molecule has 0 spiro atoms. The lowest BCUT2D eigenvalue weighted by atomic mass is 10.0. The molecule has 0 saturated heterocycles. The van der Waals surface area contributed by atoms with E-state index in [1.807, 2.05) is 42.5 Å². The summed E-state index contributed by atoms with van der Waals surface area (Å²) in [5.41, 5.74) is 3.21. The van der Waals surface area contributed by atoms with Crippen LogP contribution in [0.15, 0.2) is 71.5 Å². The maximum atomic E-state index is 12.3. The topological polar surface area (TPSA) is 61.5 Å². The van der Waals surface area contributed by atoms with Gasteiger partial charge < -0.3 is 0 Å². The van der Waals surface area contributed by atoms with Gasteiger partial charge in [-0.1, -0.05) is 54.6 Å². The molecule has 2 aromatic heterocycles. The van der Waals surface area contributed by atoms with Crippen molar-refractivity contribution in [2.75, 3.05) is 0 Å². The number of hydrogen-bond donors (Lipinski definition) is 2. The number of aromatic amines is 2. The predicted molar refractivity (Wildman–Crippen MR) is 97.2 cm³/mol. The van der Waals surface area contributed by atoms with Crippen LogP contribution in [-0.2, 0) is 0 Å². The zero-order valence-corrected chi connectivity index (χ0v) is 12.7. The fraction of sp³-hybridized carbons (Fsp3) is 0. The average molecular weight is 311 g/mol. The molecule has 4 heteroatoms. The lowest BCUT2D eigenvalue weighted by molar-refractivity contribution is 1.08. The van der Waals surface area contributed by atoms with E-state index in [0.29, 0.717) is 5.39 Å². The van der Waals surface area contributed by atoms with Crippen LogP contribution >= 0.6 is 0 Å². The Kier molecular flexibility index (Phi) is 2.61. The Hall–Kier alpha value is -3.40. The first-order chi connectivity index (χ1) is 11.8. The monoisotopic (exact) mass is 311 g/mol. The summed E-state index contributed by atoms with van der Waals surface area (Å²) in [5, 5.41) is 9.54. The third-order valence-electron chi connectivity index (χ3n) is 4.44. The van der Waals surface area contributed by atoms with Gasteiger partial charge in [0.05, 0.1) is 22.1 Å². The quantitative estimate of drug-likeness (QED) is 0.487. The summed E-state index contributed by atoms with van der Waals surface area (Å²) in [6.07, 6.45) is 0. The van der Waals surface area contributed by atoms with Gasteiger partial charge in [-0.25, -0.2) is 4.98 Å². The summed E-state index contributed by atoms with van der Waals surface area (Å²) in [6.45, 7) is 0. The van der Waals surface area contributed by atoms with Crippen molar-refractivity contribution in [3.05, 3.63) is 77.1 Å². The molecule has 2 heterocycles. The summed E-state index contributed by atoms with van der Waals surface area (Å²) in [4.78, 5) is 17.1. The summed E-state index contributed by atoms with van der Waals surface area (Å²) in [5.74, 6) is 0. The second-order valence-electron chi connectivity index (χ2n) is 5.87. The van der Waals surface area contributed by atoms with Crippen molar-refractivity contribution >= 4 is 32.6 Å². The smallest absolute Gasteiger partial charge is 0.272 e. The van der Waals surface area contributed by atoms with E-state index in [0.717, 1.165) is 33.1 Å². The first-order valence-corrected chi connectivity index (χ1v) is 7.79. The van der Waals surface area contributed by atoms with Crippen LogP contribution in [0.3, 0.4) is 0 Å². The number of benzene rings is 3.